The molecule has 3 atom stereocenters. The van der Waals surface area contributed by atoms with Gasteiger partial charge in [-0.25, -0.2) is 0 Å². The van der Waals surface area contributed by atoms with Gasteiger partial charge in [-0.15, -0.1) is 0 Å². The average Bonchev–Trinajstić information content (AvgIpc) is 2.49. The quantitative estimate of drug-likeness (QED) is 0.757. The van der Waals surface area contributed by atoms with Crippen LogP contribution in [0.3, 0.4) is 0 Å². The van der Waals surface area contributed by atoms with Gasteiger partial charge >= 0.3 is 0 Å². The van der Waals surface area contributed by atoms with E-state index < -0.39 is 0 Å². The van der Waals surface area contributed by atoms with Crippen molar-refractivity contribution in [1.29, 1.82) is 0 Å². The number of hydrogen-bond donors (Lipinski definition) is 1. The van der Waals surface area contributed by atoms with Gasteiger partial charge in [0.2, 0.25) is 5.91 Å². The molecule has 0 aliphatic carbocycles. The van der Waals surface area contributed by atoms with E-state index in [-0.39, 0.29) is 24.2 Å². The number of rotatable bonds is 5. The summed E-state index contributed by atoms with van der Waals surface area (Å²) < 4.78 is 0. The maximum atomic E-state index is 12.0. The van der Waals surface area contributed by atoms with E-state index in [0.29, 0.717) is 0 Å². The van der Waals surface area contributed by atoms with Crippen molar-refractivity contribution in [3.8, 4) is 0 Å². The zero-order valence-electron chi connectivity index (χ0n) is 11.2. The van der Waals surface area contributed by atoms with E-state index in [1.807, 2.05) is 11.8 Å². The minimum Gasteiger partial charge on any atom is -0.322 e. The summed E-state index contributed by atoms with van der Waals surface area (Å²) in [6.45, 7) is 13.5. The third-order valence-corrected chi connectivity index (χ3v) is 3.43. The van der Waals surface area contributed by atoms with Crippen LogP contribution < -0.4 is 5.32 Å². The highest BCUT2D eigenvalue weighted by molar-refractivity contribution is 5.84. The number of nitrogens with one attached hydrogen (secondary N) is 1. The topological polar surface area (TPSA) is 35.6 Å². The molecule has 1 N–H and O–H groups in total. The molecule has 1 rings (SSSR count). The zero-order chi connectivity index (χ0) is 12.3. The Hall–Kier alpha value is -0.610. The van der Waals surface area contributed by atoms with Crippen LogP contribution in [-0.2, 0) is 4.79 Å². The lowest BCUT2D eigenvalue weighted by Gasteiger charge is -2.32. The Morgan fingerprint density at radius 1 is 1.38 bits per heavy atom. The maximum Gasteiger partial charge on any atom is 0.241 e. The number of likely N-dealkylation sites (N-methyl/N-ethyl adjacent to an activating group) is 1. The van der Waals surface area contributed by atoms with Gasteiger partial charge in [-0.05, 0) is 33.9 Å². The Labute approximate surface area is 99.0 Å². The molecule has 0 aromatic rings. The Kier molecular flexibility index (Phi) is 4.74. The molecule has 16 heavy (non-hydrogen) atoms. The van der Waals surface area contributed by atoms with Crippen LogP contribution >= 0.6 is 0 Å². The smallest absolute Gasteiger partial charge is 0.241 e. The molecular weight excluding hydrogens is 202 g/mol. The second kappa shape index (κ2) is 5.64. The molecule has 3 unspecified atom stereocenters. The van der Waals surface area contributed by atoms with Crippen molar-refractivity contribution in [3.05, 3.63) is 0 Å². The summed E-state index contributed by atoms with van der Waals surface area (Å²) in [5.74, 6) is 0.229. The van der Waals surface area contributed by atoms with Crippen LogP contribution in [-0.4, -0.2) is 53.6 Å². The fourth-order valence-electron chi connectivity index (χ4n) is 2.47. The van der Waals surface area contributed by atoms with E-state index in [0.717, 1.165) is 19.6 Å². The first-order valence-corrected chi connectivity index (χ1v) is 6.31. The summed E-state index contributed by atoms with van der Waals surface area (Å²) >= 11 is 0. The van der Waals surface area contributed by atoms with E-state index in [2.05, 4.69) is 37.9 Å². The average molecular weight is 227 g/mol. The van der Waals surface area contributed by atoms with Crippen molar-refractivity contribution in [2.45, 2.75) is 52.9 Å². The monoisotopic (exact) mass is 227 g/mol. The highest BCUT2D eigenvalue weighted by Gasteiger charge is 2.36. The fraction of sp³-hybridized carbons (Fsp3) is 0.917. The van der Waals surface area contributed by atoms with Crippen LogP contribution in [0.2, 0.25) is 0 Å². The van der Waals surface area contributed by atoms with Gasteiger partial charge in [-0.2, -0.15) is 0 Å². The van der Waals surface area contributed by atoms with Crippen LogP contribution in [0.15, 0.2) is 0 Å². The molecule has 1 aliphatic heterocycles. The number of carbonyl (C=O) groups is 1. The van der Waals surface area contributed by atoms with Crippen molar-refractivity contribution >= 4 is 5.91 Å². The van der Waals surface area contributed by atoms with E-state index in [4.69, 9.17) is 0 Å². The molecule has 4 nitrogen and oxygen atoms in total. The highest BCUT2D eigenvalue weighted by atomic mass is 16.2. The summed E-state index contributed by atoms with van der Waals surface area (Å²) in [6, 6.07) is 0.244. The number of nitrogens with zero attached hydrogens (tertiary/aromatic N) is 2. The van der Waals surface area contributed by atoms with Crippen LogP contribution in [0.4, 0.5) is 0 Å². The van der Waals surface area contributed by atoms with Crippen molar-refractivity contribution in [2.24, 2.45) is 0 Å². The summed E-state index contributed by atoms with van der Waals surface area (Å²) in [5, 5.41) is 3.26. The standard InChI is InChI=1S/C12H25N3O/c1-6-14(7-2)8-9(3)15-11(5)13-10(4)12(15)16/h9-11,13H,6-8H2,1-5H3. The number of hydrogen-bond acceptors (Lipinski definition) is 3. The summed E-state index contributed by atoms with van der Waals surface area (Å²) in [7, 11) is 0. The van der Waals surface area contributed by atoms with Gasteiger partial charge in [0.25, 0.3) is 0 Å². The lowest BCUT2D eigenvalue weighted by atomic mass is 10.2. The molecule has 0 aromatic heterocycles. The predicted molar refractivity (Wildman–Crippen MR) is 66.2 cm³/mol. The largest absolute Gasteiger partial charge is 0.322 e. The summed E-state index contributed by atoms with van der Waals surface area (Å²) in [6.07, 6.45) is 0.160. The van der Waals surface area contributed by atoms with E-state index in [9.17, 15) is 4.79 Å². The predicted octanol–water partition coefficient (Wildman–Crippen LogP) is 0.883. The minimum absolute atomic E-state index is 0.0332. The number of amides is 1. The van der Waals surface area contributed by atoms with Gasteiger partial charge in [-0.3, -0.25) is 10.1 Å². The molecule has 0 radical (unpaired) electrons. The maximum absolute atomic E-state index is 12.0. The lowest BCUT2D eigenvalue weighted by Crippen LogP contribution is -2.47. The van der Waals surface area contributed by atoms with Crippen molar-refractivity contribution < 1.29 is 4.79 Å². The van der Waals surface area contributed by atoms with Crippen molar-refractivity contribution in [2.75, 3.05) is 19.6 Å². The van der Waals surface area contributed by atoms with Crippen LogP contribution in [0.1, 0.15) is 34.6 Å². The SMILES string of the molecule is CCN(CC)CC(C)N1C(=O)C(C)NC1C. The Balaban J connectivity index is 2.59. The third-order valence-electron chi connectivity index (χ3n) is 3.43. The van der Waals surface area contributed by atoms with Crippen molar-refractivity contribution in [1.82, 2.24) is 15.1 Å². The molecular formula is C12H25N3O. The van der Waals surface area contributed by atoms with Crippen LogP contribution in [0, 0.1) is 0 Å². The van der Waals surface area contributed by atoms with Gasteiger partial charge in [0.15, 0.2) is 0 Å². The fourth-order valence-corrected chi connectivity index (χ4v) is 2.47. The Bertz CT molecular complexity index is 240. The molecule has 1 fully saturated rings. The summed E-state index contributed by atoms with van der Waals surface area (Å²) in [5.41, 5.74) is 0. The molecule has 0 saturated carbocycles. The second-order valence-electron chi connectivity index (χ2n) is 4.64. The van der Waals surface area contributed by atoms with E-state index in [1.165, 1.54) is 0 Å². The molecule has 1 heterocycles. The lowest BCUT2D eigenvalue weighted by molar-refractivity contribution is -0.131. The zero-order valence-corrected chi connectivity index (χ0v) is 11.2. The normalized spacial score (nSPS) is 27.9. The molecule has 1 saturated heterocycles. The first kappa shape index (κ1) is 13.5. The molecule has 0 spiro atoms. The van der Waals surface area contributed by atoms with Gasteiger partial charge < -0.3 is 9.80 Å². The molecule has 0 aromatic carbocycles. The second-order valence-corrected chi connectivity index (χ2v) is 4.64. The molecule has 1 amide bonds. The van der Waals surface area contributed by atoms with E-state index >= 15 is 0 Å². The van der Waals surface area contributed by atoms with Crippen LogP contribution in [0.25, 0.3) is 0 Å². The van der Waals surface area contributed by atoms with Gasteiger partial charge in [0, 0.05) is 12.6 Å². The van der Waals surface area contributed by atoms with E-state index in [1.54, 1.807) is 0 Å². The third kappa shape index (κ3) is 2.74. The van der Waals surface area contributed by atoms with Gasteiger partial charge in [0.1, 0.15) is 0 Å². The van der Waals surface area contributed by atoms with Crippen molar-refractivity contribution in [3.63, 3.8) is 0 Å². The Morgan fingerprint density at radius 3 is 2.31 bits per heavy atom. The summed E-state index contributed by atoms with van der Waals surface area (Å²) in [4.78, 5) is 16.3. The molecule has 0 bridgehead atoms. The van der Waals surface area contributed by atoms with Gasteiger partial charge in [0.05, 0.1) is 12.2 Å². The first-order valence-electron chi connectivity index (χ1n) is 6.31. The van der Waals surface area contributed by atoms with Crippen LogP contribution in [0.5, 0.6) is 0 Å². The Morgan fingerprint density at radius 2 is 1.94 bits per heavy atom. The molecule has 4 heteroatoms. The highest BCUT2D eigenvalue weighted by Crippen LogP contribution is 2.14. The molecule has 94 valence electrons. The van der Waals surface area contributed by atoms with Gasteiger partial charge in [-0.1, -0.05) is 13.8 Å². The molecule has 1 aliphatic rings. The first-order chi connectivity index (χ1) is 7.51. The number of carbonyl (C=O) groups excluding carboxylic acids is 1. The minimum atomic E-state index is -0.0332.